The Morgan fingerprint density at radius 3 is 1.59 bits per heavy atom. The number of carboxylic acid groups (broad SMARTS) is 1. The van der Waals surface area contributed by atoms with E-state index in [0.717, 1.165) is 0 Å². The fourth-order valence-corrected chi connectivity index (χ4v) is 8.41. The first-order valence-corrected chi connectivity index (χ1v) is 26.0. The predicted molar refractivity (Wildman–Crippen MR) is 273 cm³/mol. The summed E-state index contributed by atoms with van der Waals surface area (Å²) >= 11 is 1.35. The highest BCUT2D eigenvalue weighted by Crippen LogP contribution is 2.20. The molecule has 3 rings (SSSR count). The van der Waals surface area contributed by atoms with Gasteiger partial charge in [-0.2, -0.15) is 11.8 Å². The zero-order valence-corrected chi connectivity index (χ0v) is 43.0. The fourth-order valence-electron chi connectivity index (χ4n) is 7.94. The third-order valence-electron chi connectivity index (χ3n) is 12.5. The predicted octanol–water partition coefficient (Wildman–Crippen LogP) is -2.39. The molecule has 0 unspecified atom stereocenters. The Labute approximate surface area is 434 Å². The van der Waals surface area contributed by atoms with E-state index < -0.39 is 127 Å². The number of likely N-dealkylation sites (tertiary alicyclic amines) is 1. The van der Waals surface area contributed by atoms with Gasteiger partial charge in [-0.3, -0.25) is 38.4 Å². The van der Waals surface area contributed by atoms with Crippen LogP contribution in [-0.4, -0.2) is 176 Å². The average molecular weight is 1060 g/mol. The van der Waals surface area contributed by atoms with Crippen LogP contribution in [0.2, 0.25) is 0 Å². The lowest BCUT2D eigenvalue weighted by Crippen LogP contribution is -2.62. The number of phenolic OH excluding ortho intramolecular Hbond substituents is 2. The van der Waals surface area contributed by atoms with Gasteiger partial charge >= 0.3 is 5.97 Å². The van der Waals surface area contributed by atoms with Gasteiger partial charge in [0.05, 0.1) is 19.3 Å². The molecule has 410 valence electrons. The Morgan fingerprint density at radius 2 is 1.11 bits per heavy atom. The zero-order chi connectivity index (χ0) is 55.1. The molecule has 1 aliphatic rings. The molecule has 74 heavy (non-hydrogen) atoms. The number of hydrogen-bond donors (Lipinski definition) is 14. The van der Waals surface area contributed by atoms with Crippen LogP contribution in [0.15, 0.2) is 48.5 Å². The molecule has 1 heterocycles. The molecular weight excluding hydrogens is 985 g/mol. The number of nitrogens with one attached hydrogen (secondary N) is 7. The minimum absolute atomic E-state index is 0.0381. The maximum atomic E-state index is 14.3. The van der Waals surface area contributed by atoms with Crippen molar-refractivity contribution in [3.8, 4) is 11.5 Å². The van der Waals surface area contributed by atoms with Crippen LogP contribution >= 0.6 is 11.8 Å². The van der Waals surface area contributed by atoms with Crippen LogP contribution in [0.4, 0.5) is 0 Å². The van der Waals surface area contributed by atoms with Crippen molar-refractivity contribution >= 4 is 65.0 Å². The van der Waals surface area contributed by atoms with Crippen molar-refractivity contribution in [1.29, 1.82) is 0 Å². The summed E-state index contributed by atoms with van der Waals surface area (Å²) in [4.78, 5) is 123. The first kappa shape index (κ1) is 61.8. The van der Waals surface area contributed by atoms with Gasteiger partial charge in [0, 0.05) is 19.4 Å². The Kier molecular flexibility index (Phi) is 26.1. The van der Waals surface area contributed by atoms with Crippen molar-refractivity contribution < 1.29 is 68.7 Å². The normalized spacial score (nSPS) is 16.9. The Hall–Kier alpha value is -6.54. The number of phenols is 2. The number of carbonyl (C=O) groups excluding carboxylic acids is 8. The molecule has 25 heteroatoms. The van der Waals surface area contributed by atoms with E-state index in [4.69, 9.17) is 11.5 Å². The van der Waals surface area contributed by atoms with E-state index in [0.29, 0.717) is 49.0 Å². The van der Waals surface area contributed by atoms with Gasteiger partial charge in [0.2, 0.25) is 47.3 Å². The number of unbranched alkanes of at least 4 members (excludes halogenated alkanes) is 1. The van der Waals surface area contributed by atoms with E-state index in [1.807, 2.05) is 0 Å². The molecule has 2 aromatic rings. The van der Waals surface area contributed by atoms with E-state index in [9.17, 15) is 68.7 Å². The number of benzene rings is 2. The number of carboxylic acids is 1. The smallest absolute Gasteiger partial charge is 0.328 e. The van der Waals surface area contributed by atoms with Crippen LogP contribution < -0.4 is 48.7 Å². The van der Waals surface area contributed by atoms with Crippen LogP contribution in [-0.2, 0) is 56.0 Å². The largest absolute Gasteiger partial charge is 0.508 e. The highest BCUT2D eigenvalue weighted by molar-refractivity contribution is 7.98. The maximum Gasteiger partial charge on any atom is 0.328 e. The standard InChI is InChI=1S/C49H74N10O14S/c1-5-27(2)40(47(70)53-33(9-6-7-20-50)41(64)52-34(19-22-74-4)42(65)57-38(26-61)49(72)73)58-45(68)37(25-60)56-44(67)35(23-29-11-15-31(62)16-12-29)54-43(66)36(24-30-13-17-32(63)18-14-30)55-46(69)39-10-8-21-59(39)48(71)28(3)51/h11-18,27-28,33-40,60-63H,5-10,19-26,50-51H2,1-4H3,(H,52,64)(H,53,70)(H,54,66)(H,55,69)(H,56,67)(H,57,65)(H,58,68)(H,72,73)/t27-,28+,33-,34-,35-,36-,37-,38-,39-,40-/m0/s1. The number of aliphatic hydroxyl groups excluding tert-OH is 2. The van der Waals surface area contributed by atoms with E-state index in [1.54, 1.807) is 20.1 Å². The number of aliphatic carboxylic acids is 1. The number of aromatic hydroxyl groups is 2. The summed E-state index contributed by atoms with van der Waals surface area (Å²) in [6, 6.07) is -0.477. The number of nitrogens with two attached hydrogens (primary N) is 2. The molecule has 0 radical (unpaired) electrons. The van der Waals surface area contributed by atoms with Gasteiger partial charge in [0.15, 0.2) is 0 Å². The second-order valence-electron chi connectivity index (χ2n) is 18.2. The van der Waals surface area contributed by atoms with Gasteiger partial charge in [-0.05, 0) is 105 Å². The lowest BCUT2D eigenvalue weighted by atomic mass is 9.97. The molecule has 0 spiro atoms. The van der Waals surface area contributed by atoms with Crippen molar-refractivity contribution in [2.75, 3.05) is 38.3 Å². The van der Waals surface area contributed by atoms with Gasteiger partial charge in [-0.1, -0.05) is 44.5 Å². The van der Waals surface area contributed by atoms with Crippen LogP contribution in [0, 0.1) is 5.92 Å². The molecule has 0 bridgehead atoms. The molecule has 0 aromatic heterocycles. The summed E-state index contributed by atoms with van der Waals surface area (Å²) in [6.07, 6.45) is 3.40. The van der Waals surface area contributed by atoms with Crippen LogP contribution in [0.3, 0.4) is 0 Å². The number of hydrogen-bond acceptors (Lipinski definition) is 16. The number of amides is 8. The molecular formula is C49H74N10O14S. The highest BCUT2D eigenvalue weighted by atomic mass is 32.2. The highest BCUT2D eigenvalue weighted by Gasteiger charge is 2.39. The molecule has 16 N–H and O–H groups in total. The van der Waals surface area contributed by atoms with Crippen molar-refractivity contribution in [2.24, 2.45) is 17.4 Å². The molecule has 1 aliphatic heterocycles. The van der Waals surface area contributed by atoms with Crippen molar-refractivity contribution in [3.05, 3.63) is 59.7 Å². The Bertz CT molecular complexity index is 2210. The lowest BCUT2D eigenvalue weighted by molar-refractivity contribution is -0.143. The van der Waals surface area contributed by atoms with Gasteiger partial charge in [0.25, 0.3) is 0 Å². The topological polar surface area (TPSA) is 394 Å². The molecule has 10 atom stereocenters. The zero-order valence-electron chi connectivity index (χ0n) is 42.2. The fraction of sp³-hybridized carbons (Fsp3) is 0.571. The van der Waals surface area contributed by atoms with E-state index in [2.05, 4.69) is 37.2 Å². The van der Waals surface area contributed by atoms with Gasteiger partial charge in [-0.15, -0.1) is 0 Å². The molecule has 8 amide bonds. The molecule has 2 aromatic carbocycles. The number of rotatable bonds is 31. The minimum Gasteiger partial charge on any atom is -0.508 e. The van der Waals surface area contributed by atoms with Crippen LogP contribution in [0.1, 0.15) is 76.8 Å². The van der Waals surface area contributed by atoms with Gasteiger partial charge in [-0.25, -0.2) is 4.79 Å². The summed E-state index contributed by atoms with van der Waals surface area (Å²) < 4.78 is 0. The third-order valence-corrected chi connectivity index (χ3v) is 13.1. The van der Waals surface area contributed by atoms with Crippen LogP contribution in [0.5, 0.6) is 11.5 Å². The SMILES string of the molecule is CC[C@H](C)[C@H](NC(=O)[C@H](CO)NC(=O)[C@H](Cc1ccc(O)cc1)NC(=O)[C@H](Cc1ccc(O)cc1)NC(=O)[C@@H]1CCCN1C(=O)[C@@H](C)N)C(=O)N[C@@H](CCCCN)C(=O)N[C@@H](CCSC)C(=O)N[C@@H](CO)C(=O)O. The van der Waals surface area contributed by atoms with E-state index in [-0.39, 0.29) is 50.3 Å². The van der Waals surface area contributed by atoms with Gasteiger partial charge < -0.3 is 79.1 Å². The first-order valence-electron chi connectivity index (χ1n) is 24.6. The second-order valence-corrected chi connectivity index (χ2v) is 19.2. The minimum atomic E-state index is -1.72. The first-order chi connectivity index (χ1) is 35.2. The summed E-state index contributed by atoms with van der Waals surface area (Å²) in [5, 5.41) is 67.1. The third kappa shape index (κ3) is 19.4. The lowest BCUT2D eigenvalue weighted by Gasteiger charge is -2.30. The summed E-state index contributed by atoms with van der Waals surface area (Å²) in [7, 11) is 0. The number of thioether (sulfide) groups is 1. The van der Waals surface area contributed by atoms with Crippen molar-refractivity contribution in [1.82, 2.24) is 42.1 Å². The van der Waals surface area contributed by atoms with E-state index >= 15 is 0 Å². The van der Waals surface area contributed by atoms with Crippen molar-refractivity contribution in [2.45, 2.75) is 133 Å². The molecule has 1 saturated heterocycles. The van der Waals surface area contributed by atoms with Crippen LogP contribution in [0.25, 0.3) is 0 Å². The van der Waals surface area contributed by atoms with E-state index in [1.165, 1.54) is 72.1 Å². The quantitative estimate of drug-likeness (QED) is 0.0351. The Morgan fingerprint density at radius 1 is 0.649 bits per heavy atom. The second kappa shape index (κ2) is 31.3. The summed E-state index contributed by atoms with van der Waals surface area (Å²) in [6.45, 7) is 3.49. The van der Waals surface area contributed by atoms with Crippen molar-refractivity contribution in [3.63, 3.8) is 0 Å². The molecule has 0 saturated carbocycles. The number of carbonyl (C=O) groups is 9. The molecule has 24 nitrogen and oxygen atoms in total. The molecule has 0 aliphatic carbocycles. The maximum absolute atomic E-state index is 14.3. The molecule has 1 fully saturated rings. The monoisotopic (exact) mass is 1060 g/mol. The number of nitrogens with zero attached hydrogens (tertiary/aromatic N) is 1. The Balaban J connectivity index is 1.90. The average Bonchev–Trinajstić information content (AvgIpc) is 3.87. The van der Waals surface area contributed by atoms with Gasteiger partial charge in [0.1, 0.15) is 59.8 Å². The summed E-state index contributed by atoms with van der Waals surface area (Å²) in [5.74, 6) is -8.36. The number of aliphatic hydroxyl groups is 2. The summed E-state index contributed by atoms with van der Waals surface area (Å²) in [5.41, 5.74) is 12.5.